The van der Waals surface area contributed by atoms with Crippen molar-refractivity contribution in [1.82, 2.24) is 0 Å². The van der Waals surface area contributed by atoms with Gasteiger partial charge in [-0.2, -0.15) is 5.26 Å². The molecule has 2 nitrogen and oxygen atoms in total. The maximum atomic E-state index is 12.0. The molecule has 0 aromatic heterocycles. The molecule has 2 heteroatoms. The largest absolute Gasteiger partial charge is 0.294 e. The molecule has 0 bridgehead atoms. The van der Waals surface area contributed by atoms with Gasteiger partial charge in [0.05, 0.1) is 11.6 Å². The van der Waals surface area contributed by atoms with E-state index in [9.17, 15) is 4.79 Å². The van der Waals surface area contributed by atoms with E-state index in [-0.39, 0.29) is 11.7 Å². The van der Waals surface area contributed by atoms with Crippen LogP contribution in [0.3, 0.4) is 0 Å². The quantitative estimate of drug-likeness (QED) is 0.702. The van der Waals surface area contributed by atoms with Gasteiger partial charge in [0.25, 0.3) is 0 Å². The monoisotopic (exact) mass is 201 g/mol. The fourth-order valence-electron chi connectivity index (χ4n) is 1.64. The lowest BCUT2D eigenvalue weighted by Gasteiger charge is -2.10. The van der Waals surface area contributed by atoms with E-state index in [4.69, 9.17) is 5.26 Å². The lowest BCUT2D eigenvalue weighted by Crippen LogP contribution is -2.12. The Morgan fingerprint density at radius 1 is 1.40 bits per heavy atom. The number of benzene rings is 1. The number of hydrogen-bond acceptors (Lipinski definition) is 2. The van der Waals surface area contributed by atoms with Gasteiger partial charge in [-0.25, -0.2) is 0 Å². The lowest BCUT2D eigenvalue weighted by molar-refractivity contribution is 0.0913. The Bertz CT molecular complexity index is 386. The average molecular weight is 201 g/mol. The first-order valence-electron chi connectivity index (χ1n) is 5.27. The van der Waals surface area contributed by atoms with Crippen LogP contribution in [0.15, 0.2) is 24.3 Å². The van der Waals surface area contributed by atoms with Crippen LogP contribution in [0.25, 0.3) is 0 Å². The third kappa shape index (κ3) is 2.66. The minimum absolute atomic E-state index is 0.0824. The molecule has 0 saturated carbocycles. The highest BCUT2D eigenvalue weighted by Crippen LogP contribution is 2.16. The van der Waals surface area contributed by atoms with E-state index in [0.717, 1.165) is 12.8 Å². The van der Waals surface area contributed by atoms with Crippen LogP contribution < -0.4 is 0 Å². The first-order chi connectivity index (χ1) is 7.22. The molecule has 1 aromatic rings. The van der Waals surface area contributed by atoms with Crippen molar-refractivity contribution in [3.8, 4) is 6.07 Å². The summed E-state index contributed by atoms with van der Waals surface area (Å²) in [7, 11) is 0. The van der Waals surface area contributed by atoms with E-state index in [1.54, 1.807) is 24.3 Å². The Morgan fingerprint density at radius 2 is 2.07 bits per heavy atom. The number of nitrogens with zero attached hydrogens (tertiary/aromatic N) is 1. The van der Waals surface area contributed by atoms with Gasteiger partial charge in [-0.3, -0.25) is 4.79 Å². The number of nitriles is 1. The molecule has 0 unspecified atom stereocenters. The van der Waals surface area contributed by atoms with Gasteiger partial charge in [0.1, 0.15) is 0 Å². The summed E-state index contributed by atoms with van der Waals surface area (Å²) < 4.78 is 0. The van der Waals surface area contributed by atoms with Crippen molar-refractivity contribution in [2.45, 2.75) is 26.7 Å². The Kier molecular flexibility index (Phi) is 4.05. The SMILES string of the molecule is CCC(CC)C(=O)c1cccc(C#N)c1. The van der Waals surface area contributed by atoms with E-state index in [1.807, 2.05) is 19.9 Å². The highest BCUT2D eigenvalue weighted by Gasteiger charge is 2.16. The summed E-state index contributed by atoms with van der Waals surface area (Å²) in [6.45, 7) is 4.03. The van der Waals surface area contributed by atoms with Gasteiger partial charge >= 0.3 is 0 Å². The number of ketones is 1. The third-order valence-corrected chi connectivity index (χ3v) is 2.63. The first kappa shape index (κ1) is 11.5. The fourth-order valence-corrected chi connectivity index (χ4v) is 1.64. The Morgan fingerprint density at radius 3 is 2.60 bits per heavy atom. The van der Waals surface area contributed by atoms with Gasteiger partial charge in [0, 0.05) is 11.5 Å². The highest BCUT2D eigenvalue weighted by atomic mass is 16.1. The van der Waals surface area contributed by atoms with E-state index in [1.165, 1.54) is 0 Å². The Labute approximate surface area is 90.5 Å². The van der Waals surface area contributed by atoms with Crippen LogP contribution in [-0.4, -0.2) is 5.78 Å². The molecule has 1 aromatic carbocycles. The van der Waals surface area contributed by atoms with Crippen LogP contribution in [0.1, 0.15) is 42.6 Å². The maximum Gasteiger partial charge on any atom is 0.165 e. The van der Waals surface area contributed by atoms with E-state index in [0.29, 0.717) is 11.1 Å². The molecule has 0 aliphatic carbocycles. The Balaban J connectivity index is 2.96. The molecule has 78 valence electrons. The number of hydrogen-bond donors (Lipinski definition) is 0. The lowest BCUT2D eigenvalue weighted by atomic mass is 9.92. The number of carbonyl (C=O) groups excluding carboxylic acids is 1. The molecule has 0 spiro atoms. The topological polar surface area (TPSA) is 40.9 Å². The molecule has 0 atom stereocenters. The highest BCUT2D eigenvalue weighted by molar-refractivity contribution is 5.98. The first-order valence-corrected chi connectivity index (χ1v) is 5.27. The van der Waals surface area contributed by atoms with Crippen molar-refractivity contribution in [3.05, 3.63) is 35.4 Å². The maximum absolute atomic E-state index is 12.0. The van der Waals surface area contributed by atoms with Crippen molar-refractivity contribution in [3.63, 3.8) is 0 Å². The molecule has 0 aliphatic heterocycles. The summed E-state index contributed by atoms with van der Waals surface area (Å²) in [4.78, 5) is 12.0. The van der Waals surface area contributed by atoms with Gasteiger partial charge in [-0.1, -0.05) is 26.0 Å². The molecule has 15 heavy (non-hydrogen) atoms. The average Bonchev–Trinajstić information content (AvgIpc) is 2.30. The number of rotatable bonds is 4. The molecule has 0 heterocycles. The van der Waals surface area contributed by atoms with Crippen molar-refractivity contribution in [2.75, 3.05) is 0 Å². The van der Waals surface area contributed by atoms with Crippen molar-refractivity contribution >= 4 is 5.78 Å². The van der Waals surface area contributed by atoms with E-state index < -0.39 is 0 Å². The van der Waals surface area contributed by atoms with Crippen molar-refractivity contribution < 1.29 is 4.79 Å². The predicted octanol–water partition coefficient (Wildman–Crippen LogP) is 3.18. The van der Waals surface area contributed by atoms with E-state index in [2.05, 4.69) is 0 Å². The fraction of sp³-hybridized carbons (Fsp3) is 0.385. The van der Waals surface area contributed by atoms with Crippen LogP contribution in [0.5, 0.6) is 0 Å². The van der Waals surface area contributed by atoms with Crippen LogP contribution >= 0.6 is 0 Å². The van der Waals surface area contributed by atoms with E-state index >= 15 is 0 Å². The zero-order valence-corrected chi connectivity index (χ0v) is 9.16. The van der Waals surface area contributed by atoms with Crippen molar-refractivity contribution in [1.29, 1.82) is 5.26 Å². The Hall–Kier alpha value is -1.62. The summed E-state index contributed by atoms with van der Waals surface area (Å²) in [6.07, 6.45) is 1.71. The second-order valence-electron chi connectivity index (χ2n) is 3.57. The molecule has 0 radical (unpaired) electrons. The molecule has 0 amide bonds. The van der Waals surface area contributed by atoms with Gasteiger partial charge in [-0.05, 0) is 25.0 Å². The second kappa shape index (κ2) is 5.31. The van der Waals surface area contributed by atoms with Gasteiger partial charge < -0.3 is 0 Å². The summed E-state index contributed by atoms with van der Waals surface area (Å²) >= 11 is 0. The molecule has 0 aliphatic rings. The van der Waals surface area contributed by atoms with Crippen LogP contribution in [0.2, 0.25) is 0 Å². The third-order valence-electron chi connectivity index (χ3n) is 2.63. The minimum Gasteiger partial charge on any atom is -0.294 e. The minimum atomic E-state index is 0.0824. The summed E-state index contributed by atoms with van der Waals surface area (Å²) in [5, 5.41) is 8.74. The predicted molar refractivity (Wildman–Crippen MR) is 59.6 cm³/mol. The molecule has 0 N–H and O–H groups in total. The second-order valence-corrected chi connectivity index (χ2v) is 3.57. The van der Waals surface area contributed by atoms with Crippen molar-refractivity contribution in [2.24, 2.45) is 5.92 Å². The smallest absolute Gasteiger partial charge is 0.165 e. The van der Waals surface area contributed by atoms with Crippen LogP contribution in [-0.2, 0) is 0 Å². The van der Waals surface area contributed by atoms with Crippen LogP contribution in [0.4, 0.5) is 0 Å². The molecule has 0 saturated heterocycles. The molecular weight excluding hydrogens is 186 g/mol. The normalized spacial score (nSPS) is 10.0. The van der Waals surface area contributed by atoms with Gasteiger partial charge in [-0.15, -0.1) is 0 Å². The number of carbonyl (C=O) groups is 1. The zero-order chi connectivity index (χ0) is 11.3. The summed E-state index contributed by atoms with van der Waals surface area (Å²) in [6, 6.07) is 8.96. The zero-order valence-electron chi connectivity index (χ0n) is 9.16. The van der Waals surface area contributed by atoms with Gasteiger partial charge in [0.15, 0.2) is 5.78 Å². The standard InChI is InChI=1S/C13H15NO/c1-3-11(4-2)13(15)12-7-5-6-10(8-12)9-14/h5-8,11H,3-4H2,1-2H3. The molecule has 1 rings (SSSR count). The molecular formula is C13H15NO. The van der Waals surface area contributed by atoms with Crippen LogP contribution in [0, 0.1) is 17.2 Å². The van der Waals surface area contributed by atoms with Gasteiger partial charge in [0.2, 0.25) is 0 Å². The summed E-state index contributed by atoms with van der Waals surface area (Å²) in [5.74, 6) is 0.232. The number of Topliss-reactive ketones (excluding diaryl/α,β-unsaturated/α-hetero) is 1. The molecule has 0 fully saturated rings. The summed E-state index contributed by atoms with van der Waals surface area (Å²) in [5.41, 5.74) is 1.20.